The minimum Gasteiger partial charge on any atom is -0.355 e. The van der Waals surface area contributed by atoms with Gasteiger partial charge in [0.25, 0.3) is 0 Å². The Kier molecular flexibility index (Phi) is 5.99. The summed E-state index contributed by atoms with van der Waals surface area (Å²) in [5.41, 5.74) is 5.73. The van der Waals surface area contributed by atoms with Crippen molar-refractivity contribution in [1.29, 1.82) is 0 Å². The van der Waals surface area contributed by atoms with Crippen LogP contribution in [0.2, 0.25) is 0 Å². The molecule has 0 saturated heterocycles. The molecule has 20 heavy (non-hydrogen) atoms. The Hall–Kier alpha value is -1.10. The molecule has 0 radical (unpaired) electrons. The van der Waals surface area contributed by atoms with Gasteiger partial charge in [-0.25, -0.2) is 0 Å². The van der Waals surface area contributed by atoms with Crippen molar-refractivity contribution in [1.82, 2.24) is 10.6 Å². The summed E-state index contributed by atoms with van der Waals surface area (Å²) in [7, 11) is 0. The highest BCUT2D eigenvalue weighted by Crippen LogP contribution is 2.27. The first-order valence-corrected chi connectivity index (χ1v) is 7.51. The van der Waals surface area contributed by atoms with Crippen molar-refractivity contribution in [2.75, 3.05) is 6.54 Å². The van der Waals surface area contributed by atoms with E-state index in [1.54, 1.807) is 0 Å². The first-order chi connectivity index (χ1) is 9.17. The van der Waals surface area contributed by atoms with E-state index in [-0.39, 0.29) is 29.3 Å². The number of carbonyl (C=O) groups excluding carboxylic acids is 2. The van der Waals surface area contributed by atoms with Crippen LogP contribution in [0.1, 0.15) is 53.4 Å². The van der Waals surface area contributed by atoms with Crippen LogP contribution in [0.5, 0.6) is 0 Å². The molecule has 0 aromatic rings. The van der Waals surface area contributed by atoms with E-state index < -0.39 is 0 Å². The van der Waals surface area contributed by atoms with Crippen LogP contribution in [-0.4, -0.2) is 29.9 Å². The second kappa shape index (κ2) is 7.07. The molecule has 116 valence electrons. The van der Waals surface area contributed by atoms with Gasteiger partial charge in [0.05, 0.1) is 0 Å². The lowest BCUT2D eigenvalue weighted by Crippen LogP contribution is -2.43. The standard InChI is InChI=1S/C15H29N3O2/c1-10-7-11(9-12(16)8-10)14(20)17-6-5-13(19)18-15(2,3)4/h10-12H,5-9,16H2,1-4H3,(H,17,20)(H,18,19). The maximum atomic E-state index is 12.1. The van der Waals surface area contributed by atoms with Crippen molar-refractivity contribution < 1.29 is 9.59 Å². The molecule has 5 heteroatoms. The molecular weight excluding hydrogens is 254 g/mol. The maximum Gasteiger partial charge on any atom is 0.223 e. The Labute approximate surface area is 122 Å². The van der Waals surface area contributed by atoms with Gasteiger partial charge < -0.3 is 16.4 Å². The molecule has 4 N–H and O–H groups in total. The molecule has 3 atom stereocenters. The van der Waals surface area contributed by atoms with Crippen LogP contribution < -0.4 is 16.4 Å². The highest BCUT2D eigenvalue weighted by molar-refractivity contribution is 5.80. The van der Waals surface area contributed by atoms with Crippen LogP contribution in [0.3, 0.4) is 0 Å². The van der Waals surface area contributed by atoms with Gasteiger partial charge in [0.1, 0.15) is 0 Å². The van der Waals surface area contributed by atoms with Crippen LogP contribution in [0.15, 0.2) is 0 Å². The summed E-state index contributed by atoms with van der Waals surface area (Å²) in [5, 5.41) is 5.73. The van der Waals surface area contributed by atoms with Crippen molar-refractivity contribution in [2.24, 2.45) is 17.6 Å². The summed E-state index contributed by atoms with van der Waals surface area (Å²) in [6, 6.07) is 0.124. The van der Waals surface area contributed by atoms with E-state index in [1.165, 1.54) is 0 Å². The van der Waals surface area contributed by atoms with Gasteiger partial charge in [-0.2, -0.15) is 0 Å². The molecule has 0 aromatic heterocycles. The zero-order chi connectivity index (χ0) is 15.3. The normalized spacial score (nSPS) is 26.9. The number of amides is 2. The number of nitrogens with one attached hydrogen (secondary N) is 2. The maximum absolute atomic E-state index is 12.1. The summed E-state index contributed by atoms with van der Waals surface area (Å²) in [4.78, 5) is 23.7. The molecule has 1 saturated carbocycles. The van der Waals surface area contributed by atoms with Gasteiger partial charge in [0.15, 0.2) is 0 Å². The first-order valence-electron chi connectivity index (χ1n) is 7.51. The third-order valence-electron chi connectivity index (χ3n) is 3.52. The third-order valence-corrected chi connectivity index (χ3v) is 3.52. The van der Waals surface area contributed by atoms with E-state index in [0.717, 1.165) is 19.3 Å². The third kappa shape index (κ3) is 6.37. The molecule has 3 unspecified atom stereocenters. The molecule has 1 aliphatic rings. The Balaban J connectivity index is 2.28. The van der Waals surface area contributed by atoms with Crippen molar-refractivity contribution in [3.05, 3.63) is 0 Å². The molecular formula is C15H29N3O2. The van der Waals surface area contributed by atoms with Gasteiger partial charge in [0, 0.05) is 30.5 Å². The van der Waals surface area contributed by atoms with Crippen molar-refractivity contribution >= 4 is 11.8 Å². The summed E-state index contributed by atoms with van der Waals surface area (Å²) in [5.74, 6) is 0.500. The predicted molar refractivity (Wildman–Crippen MR) is 80.0 cm³/mol. The number of nitrogens with two attached hydrogens (primary N) is 1. The Morgan fingerprint density at radius 3 is 2.40 bits per heavy atom. The summed E-state index contributed by atoms with van der Waals surface area (Å²) in [6.07, 6.45) is 2.97. The molecule has 5 nitrogen and oxygen atoms in total. The zero-order valence-corrected chi connectivity index (χ0v) is 13.2. The minimum atomic E-state index is -0.229. The zero-order valence-electron chi connectivity index (χ0n) is 13.2. The van der Waals surface area contributed by atoms with Crippen LogP contribution in [0, 0.1) is 11.8 Å². The number of hydrogen-bond donors (Lipinski definition) is 3. The SMILES string of the molecule is CC1CC(N)CC(C(=O)NCCC(=O)NC(C)(C)C)C1. The number of rotatable bonds is 4. The fourth-order valence-electron chi connectivity index (χ4n) is 2.80. The lowest BCUT2D eigenvalue weighted by atomic mass is 9.79. The Morgan fingerprint density at radius 1 is 1.20 bits per heavy atom. The van der Waals surface area contributed by atoms with Crippen molar-refractivity contribution in [3.63, 3.8) is 0 Å². The number of carbonyl (C=O) groups is 2. The summed E-state index contributed by atoms with van der Waals surface area (Å²) in [6.45, 7) is 8.34. The molecule has 0 bridgehead atoms. The molecule has 2 amide bonds. The molecule has 1 aliphatic carbocycles. The topological polar surface area (TPSA) is 84.2 Å². The molecule has 1 fully saturated rings. The lowest BCUT2D eigenvalue weighted by Gasteiger charge is -2.30. The Morgan fingerprint density at radius 2 is 1.85 bits per heavy atom. The average Bonchev–Trinajstić information content (AvgIpc) is 2.24. The lowest BCUT2D eigenvalue weighted by molar-refractivity contribution is -0.127. The van der Waals surface area contributed by atoms with Crippen molar-refractivity contribution in [2.45, 2.75) is 65.0 Å². The van der Waals surface area contributed by atoms with E-state index in [9.17, 15) is 9.59 Å². The quantitative estimate of drug-likeness (QED) is 0.724. The van der Waals surface area contributed by atoms with Gasteiger partial charge in [-0.3, -0.25) is 9.59 Å². The van der Waals surface area contributed by atoms with Gasteiger partial charge in [0.2, 0.25) is 11.8 Å². The van der Waals surface area contributed by atoms with Crippen LogP contribution >= 0.6 is 0 Å². The van der Waals surface area contributed by atoms with Gasteiger partial charge >= 0.3 is 0 Å². The molecule has 1 rings (SSSR count). The van der Waals surface area contributed by atoms with Crippen LogP contribution in [-0.2, 0) is 9.59 Å². The average molecular weight is 283 g/mol. The van der Waals surface area contributed by atoms with E-state index >= 15 is 0 Å². The van der Waals surface area contributed by atoms with Gasteiger partial charge in [-0.1, -0.05) is 6.92 Å². The number of hydrogen-bond acceptors (Lipinski definition) is 3. The molecule has 0 heterocycles. The summed E-state index contributed by atoms with van der Waals surface area (Å²) < 4.78 is 0. The van der Waals surface area contributed by atoms with E-state index in [1.807, 2.05) is 20.8 Å². The van der Waals surface area contributed by atoms with Gasteiger partial charge in [-0.05, 0) is 46.0 Å². The molecule has 0 aromatic carbocycles. The fraction of sp³-hybridized carbons (Fsp3) is 0.867. The Bertz CT molecular complexity index is 340. The van der Waals surface area contributed by atoms with E-state index in [4.69, 9.17) is 5.73 Å². The van der Waals surface area contributed by atoms with Crippen LogP contribution in [0.25, 0.3) is 0 Å². The predicted octanol–water partition coefficient (Wildman–Crippen LogP) is 1.17. The highest BCUT2D eigenvalue weighted by atomic mass is 16.2. The highest BCUT2D eigenvalue weighted by Gasteiger charge is 2.29. The largest absolute Gasteiger partial charge is 0.355 e. The summed E-state index contributed by atoms with van der Waals surface area (Å²) >= 11 is 0. The minimum absolute atomic E-state index is 0.000530. The van der Waals surface area contributed by atoms with Crippen LogP contribution in [0.4, 0.5) is 0 Å². The molecule has 0 aliphatic heterocycles. The fourth-order valence-corrected chi connectivity index (χ4v) is 2.80. The second-order valence-electron chi connectivity index (χ2n) is 7.11. The first kappa shape index (κ1) is 17.0. The molecule has 0 spiro atoms. The second-order valence-corrected chi connectivity index (χ2v) is 7.11. The van der Waals surface area contributed by atoms with Gasteiger partial charge in [-0.15, -0.1) is 0 Å². The van der Waals surface area contributed by atoms with E-state index in [2.05, 4.69) is 17.6 Å². The smallest absolute Gasteiger partial charge is 0.223 e. The van der Waals surface area contributed by atoms with Crippen molar-refractivity contribution in [3.8, 4) is 0 Å². The van der Waals surface area contributed by atoms with E-state index in [0.29, 0.717) is 18.9 Å². The monoisotopic (exact) mass is 283 g/mol.